The van der Waals surface area contributed by atoms with Crippen molar-refractivity contribution in [3.8, 4) is 0 Å². The minimum Gasteiger partial charge on any atom is -0.460 e. The van der Waals surface area contributed by atoms with E-state index in [2.05, 4.69) is 9.89 Å². The van der Waals surface area contributed by atoms with Crippen molar-refractivity contribution in [3.63, 3.8) is 0 Å². The van der Waals surface area contributed by atoms with Gasteiger partial charge in [-0.3, -0.25) is 14.6 Å². The Kier molecular flexibility index (Phi) is 7.11. The monoisotopic (exact) mass is 419 g/mol. The number of piperidine rings is 1. The van der Waals surface area contributed by atoms with E-state index in [9.17, 15) is 14.0 Å². The molecule has 1 aliphatic carbocycles. The first-order chi connectivity index (χ1) is 14.1. The average Bonchev–Trinajstić information content (AvgIpc) is 3.46. The summed E-state index contributed by atoms with van der Waals surface area (Å²) in [6.45, 7) is 11.0. The van der Waals surface area contributed by atoms with Crippen LogP contribution in [0.15, 0.2) is 28.7 Å². The van der Waals surface area contributed by atoms with Crippen molar-refractivity contribution >= 4 is 18.1 Å². The van der Waals surface area contributed by atoms with Gasteiger partial charge in [0.05, 0.1) is 30.2 Å². The summed E-state index contributed by atoms with van der Waals surface area (Å²) in [6.07, 6.45) is 7.44. The van der Waals surface area contributed by atoms with Crippen molar-refractivity contribution in [3.05, 3.63) is 23.7 Å². The number of aliphatic imine (C=N–C) groups is 1. The Balaban J connectivity index is 1.40. The summed E-state index contributed by atoms with van der Waals surface area (Å²) >= 11 is 0. The van der Waals surface area contributed by atoms with E-state index in [0.29, 0.717) is 30.6 Å². The molecule has 0 bridgehead atoms. The van der Waals surface area contributed by atoms with Crippen molar-refractivity contribution in [1.29, 1.82) is 0 Å². The lowest BCUT2D eigenvalue weighted by atomic mass is 9.91. The van der Waals surface area contributed by atoms with E-state index in [-0.39, 0.29) is 23.6 Å². The number of hydrogen-bond donors (Lipinski definition) is 0. The van der Waals surface area contributed by atoms with Crippen LogP contribution in [-0.4, -0.2) is 66.2 Å². The molecule has 6 nitrogen and oxygen atoms in total. The Morgan fingerprint density at radius 2 is 2.00 bits per heavy atom. The fourth-order valence-corrected chi connectivity index (χ4v) is 4.28. The molecule has 2 heterocycles. The third kappa shape index (κ3) is 6.49. The fraction of sp³-hybridized carbons (Fsp3) is 0.696. The van der Waals surface area contributed by atoms with Gasteiger partial charge in [0.15, 0.2) is 0 Å². The lowest BCUT2D eigenvalue weighted by molar-refractivity contribution is -0.157. The summed E-state index contributed by atoms with van der Waals surface area (Å²) < 4.78 is 18.4. The van der Waals surface area contributed by atoms with E-state index in [4.69, 9.17) is 4.74 Å². The zero-order valence-corrected chi connectivity index (χ0v) is 18.6. The molecule has 0 N–H and O–H groups in total. The van der Waals surface area contributed by atoms with Crippen LogP contribution in [0.1, 0.15) is 47.0 Å². The van der Waals surface area contributed by atoms with E-state index in [1.54, 1.807) is 11.0 Å². The van der Waals surface area contributed by atoms with Gasteiger partial charge in [0, 0.05) is 13.1 Å². The van der Waals surface area contributed by atoms with Crippen molar-refractivity contribution in [2.45, 2.75) is 52.6 Å². The standard InChI is InChI=1S/C23H34FN3O3/c1-16(24)5-6-18-15-27(21(28)14-25-18)12-11-26-9-7-17(8-10-26)19-13-20(19)22(29)30-23(2,3)4/h5-6,14,17,19-20H,7-13,15H2,1-4H3/b16-5+,18-6+. The molecule has 3 aliphatic rings. The molecule has 0 spiro atoms. The highest BCUT2D eigenvalue weighted by Gasteiger charge is 2.49. The number of ether oxygens (including phenoxy) is 1. The molecule has 2 atom stereocenters. The van der Waals surface area contributed by atoms with Gasteiger partial charge >= 0.3 is 5.97 Å². The zero-order chi connectivity index (χ0) is 21.9. The maximum absolute atomic E-state index is 12.9. The molecule has 1 saturated carbocycles. The number of carbonyl (C=O) groups is 2. The van der Waals surface area contributed by atoms with Crippen LogP contribution < -0.4 is 0 Å². The van der Waals surface area contributed by atoms with Crippen LogP contribution in [0.3, 0.4) is 0 Å². The van der Waals surface area contributed by atoms with Gasteiger partial charge in [-0.2, -0.15) is 0 Å². The molecule has 1 amide bonds. The number of hydrogen-bond acceptors (Lipinski definition) is 5. The molecule has 1 saturated heterocycles. The highest BCUT2D eigenvalue weighted by atomic mass is 19.1. The Bertz CT molecular complexity index is 741. The molecule has 0 aromatic rings. The Hall–Kier alpha value is -2.02. The topological polar surface area (TPSA) is 62.2 Å². The SMILES string of the molecule is C/C(F)=C\C=C1/CN(CCN2CCC(C3CC3C(=O)OC(C)(C)C)CC2)C(=O)C=N1. The number of allylic oxidation sites excluding steroid dienone is 3. The Morgan fingerprint density at radius 3 is 2.63 bits per heavy atom. The maximum Gasteiger partial charge on any atom is 0.309 e. The Labute approximate surface area is 178 Å². The molecule has 2 unspecified atom stereocenters. The van der Waals surface area contributed by atoms with Crippen molar-refractivity contribution in [2.75, 3.05) is 32.7 Å². The van der Waals surface area contributed by atoms with Crippen molar-refractivity contribution < 1.29 is 18.7 Å². The number of likely N-dealkylation sites (tertiary alicyclic amines) is 1. The highest BCUT2D eigenvalue weighted by molar-refractivity contribution is 6.27. The number of amides is 1. The van der Waals surface area contributed by atoms with E-state index in [0.717, 1.165) is 38.9 Å². The van der Waals surface area contributed by atoms with Gasteiger partial charge in [-0.05, 0) is 84.0 Å². The molecule has 2 fully saturated rings. The molecule has 2 aliphatic heterocycles. The summed E-state index contributed by atoms with van der Waals surface area (Å²) in [5.74, 6) is 0.726. The van der Waals surface area contributed by atoms with Gasteiger partial charge in [-0.1, -0.05) is 0 Å². The van der Waals surface area contributed by atoms with Gasteiger partial charge in [0.25, 0.3) is 5.91 Å². The van der Waals surface area contributed by atoms with E-state index in [1.807, 2.05) is 20.8 Å². The largest absolute Gasteiger partial charge is 0.460 e. The average molecular weight is 420 g/mol. The molecule has 3 rings (SSSR count). The number of rotatable bonds is 6. The Morgan fingerprint density at radius 1 is 1.30 bits per heavy atom. The lowest BCUT2D eigenvalue weighted by Crippen LogP contribution is -2.44. The number of nitrogens with zero attached hydrogens (tertiary/aromatic N) is 3. The van der Waals surface area contributed by atoms with Crippen LogP contribution >= 0.6 is 0 Å². The predicted octanol–water partition coefficient (Wildman–Crippen LogP) is 3.35. The molecule has 30 heavy (non-hydrogen) atoms. The van der Waals surface area contributed by atoms with Gasteiger partial charge in [0.2, 0.25) is 0 Å². The maximum atomic E-state index is 12.9. The minimum absolute atomic E-state index is 0.0399. The first-order valence-corrected chi connectivity index (χ1v) is 10.9. The fourth-order valence-electron chi connectivity index (χ4n) is 4.28. The summed E-state index contributed by atoms with van der Waals surface area (Å²) in [5, 5.41) is 0. The van der Waals surface area contributed by atoms with Gasteiger partial charge < -0.3 is 14.5 Å². The van der Waals surface area contributed by atoms with Gasteiger partial charge in [0.1, 0.15) is 5.60 Å². The van der Waals surface area contributed by atoms with Crippen LogP contribution in [0.2, 0.25) is 0 Å². The number of halogens is 1. The molecule has 0 radical (unpaired) electrons. The van der Waals surface area contributed by atoms with Crippen LogP contribution in [0.4, 0.5) is 4.39 Å². The minimum atomic E-state index is -0.416. The molecule has 166 valence electrons. The van der Waals surface area contributed by atoms with Crippen LogP contribution in [0.5, 0.6) is 0 Å². The first kappa shape index (κ1) is 22.7. The third-order valence-electron chi connectivity index (χ3n) is 5.98. The summed E-state index contributed by atoms with van der Waals surface area (Å²) in [7, 11) is 0. The number of esters is 1. The van der Waals surface area contributed by atoms with Gasteiger partial charge in [-0.15, -0.1) is 0 Å². The van der Waals surface area contributed by atoms with E-state index < -0.39 is 5.60 Å². The zero-order valence-electron chi connectivity index (χ0n) is 18.6. The van der Waals surface area contributed by atoms with E-state index in [1.165, 1.54) is 19.2 Å². The third-order valence-corrected chi connectivity index (χ3v) is 5.98. The normalized spacial score (nSPS) is 27.6. The summed E-state index contributed by atoms with van der Waals surface area (Å²) in [6, 6.07) is 0. The molecule has 7 heteroatoms. The second-order valence-corrected chi connectivity index (χ2v) is 9.65. The highest BCUT2D eigenvalue weighted by Crippen LogP contribution is 2.49. The summed E-state index contributed by atoms with van der Waals surface area (Å²) in [4.78, 5) is 32.6. The smallest absolute Gasteiger partial charge is 0.309 e. The molecule has 0 aromatic carbocycles. The molecule has 0 aromatic heterocycles. The van der Waals surface area contributed by atoms with Crippen molar-refractivity contribution in [1.82, 2.24) is 9.80 Å². The lowest BCUT2D eigenvalue weighted by Gasteiger charge is -2.34. The molecular formula is C23H34FN3O3. The second-order valence-electron chi connectivity index (χ2n) is 9.65. The quantitative estimate of drug-likeness (QED) is 0.620. The van der Waals surface area contributed by atoms with Crippen LogP contribution in [0.25, 0.3) is 0 Å². The number of carbonyl (C=O) groups excluding carboxylic acids is 2. The van der Waals surface area contributed by atoms with Gasteiger partial charge in [-0.25, -0.2) is 4.39 Å². The summed E-state index contributed by atoms with van der Waals surface area (Å²) in [5.41, 5.74) is 0.271. The van der Waals surface area contributed by atoms with Crippen LogP contribution in [0, 0.1) is 17.8 Å². The molecular weight excluding hydrogens is 385 g/mol. The van der Waals surface area contributed by atoms with Crippen molar-refractivity contribution in [2.24, 2.45) is 22.7 Å². The van der Waals surface area contributed by atoms with Crippen LogP contribution in [-0.2, 0) is 14.3 Å². The first-order valence-electron chi connectivity index (χ1n) is 10.9. The van der Waals surface area contributed by atoms with E-state index >= 15 is 0 Å². The predicted molar refractivity (Wildman–Crippen MR) is 115 cm³/mol. The second kappa shape index (κ2) is 9.41.